The summed E-state index contributed by atoms with van der Waals surface area (Å²) in [4.78, 5) is 12.5. The largest absolute Gasteiger partial charge is 0.369 e. The van der Waals surface area contributed by atoms with Crippen molar-refractivity contribution in [3.8, 4) is 5.69 Å². The van der Waals surface area contributed by atoms with Crippen molar-refractivity contribution >= 4 is 17.7 Å². The number of nitrogens with two attached hydrogens (primary N) is 1. The second kappa shape index (κ2) is 7.10. The van der Waals surface area contributed by atoms with Crippen LogP contribution in [-0.2, 0) is 4.79 Å². The summed E-state index contributed by atoms with van der Waals surface area (Å²) in [6.45, 7) is 3.75. The standard InChI is InChI=1S/C15H20FN5OS/c1-9(20(3)4)14-18-19-15(23-10(2)13(17)22)21(14)12-7-5-11(16)6-8-12/h5-10H,1-4H3,(H2,17,22)/p+1/t9-,10-/m0/s1. The van der Waals surface area contributed by atoms with E-state index in [0.717, 1.165) is 11.5 Å². The van der Waals surface area contributed by atoms with Gasteiger partial charge in [-0.15, -0.1) is 10.2 Å². The first-order chi connectivity index (χ1) is 10.8. The van der Waals surface area contributed by atoms with Crippen LogP contribution in [0.1, 0.15) is 25.7 Å². The lowest BCUT2D eigenvalue weighted by Gasteiger charge is -2.18. The average molecular weight is 338 g/mol. The maximum absolute atomic E-state index is 13.2. The zero-order chi connectivity index (χ0) is 17.1. The van der Waals surface area contributed by atoms with Crippen molar-refractivity contribution in [2.75, 3.05) is 14.1 Å². The lowest BCUT2D eigenvalue weighted by Crippen LogP contribution is -3.05. The van der Waals surface area contributed by atoms with Crippen LogP contribution in [0.25, 0.3) is 5.69 Å². The molecule has 0 aliphatic rings. The molecule has 1 heterocycles. The number of rotatable bonds is 6. The Morgan fingerprint density at radius 3 is 2.39 bits per heavy atom. The minimum Gasteiger partial charge on any atom is -0.369 e. The zero-order valence-corrected chi connectivity index (χ0v) is 14.4. The maximum Gasteiger partial charge on any atom is 0.230 e. The van der Waals surface area contributed by atoms with Crippen molar-refractivity contribution in [1.82, 2.24) is 14.8 Å². The highest BCUT2D eigenvalue weighted by Gasteiger charge is 2.25. The smallest absolute Gasteiger partial charge is 0.230 e. The fraction of sp³-hybridized carbons (Fsp3) is 0.400. The van der Waals surface area contributed by atoms with E-state index in [9.17, 15) is 9.18 Å². The van der Waals surface area contributed by atoms with Gasteiger partial charge in [0.25, 0.3) is 0 Å². The number of nitrogens with zero attached hydrogens (tertiary/aromatic N) is 3. The third kappa shape index (κ3) is 3.89. The Balaban J connectivity index is 2.51. The molecule has 23 heavy (non-hydrogen) atoms. The Hall–Kier alpha value is -1.93. The highest BCUT2D eigenvalue weighted by Crippen LogP contribution is 2.27. The minimum absolute atomic E-state index is 0.0748. The van der Waals surface area contributed by atoms with Gasteiger partial charge in [-0.05, 0) is 38.1 Å². The summed E-state index contributed by atoms with van der Waals surface area (Å²) >= 11 is 1.24. The molecule has 0 radical (unpaired) electrons. The third-order valence-corrected chi connectivity index (χ3v) is 4.74. The topological polar surface area (TPSA) is 78.2 Å². The van der Waals surface area contributed by atoms with Gasteiger partial charge in [0, 0.05) is 5.69 Å². The van der Waals surface area contributed by atoms with E-state index in [4.69, 9.17) is 5.73 Å². The van der Waals surface area contributed by atoms with E-state index in [1.54, 1.807) is 19.1 Å². The molecule has 1 aromatic heterocycles. The van der Waals surface area contributed by atoms with Crippen LogP contribution in [0.2, 0.25) is 0 Å². The van der Waals surface area contributed by atoms with Gasteiger partial charge in [0.15, 0.2) is 11.0 Å². The molecule has 0 saturated carbocycles. The fourth-order valence-electron chi connectivity index (χ4n) is 1.95. The molecule has 0 bridgehead atoms. The average Bonchev–Trinajstić information content (AvgIpc) is 2.90. The van der Waals surface area contributed by atoms with Gasteiger partial charge in [0.1, 0.15) is 11.9 Å². The SMILES string of the molecule is C[C@H](Sc1nnc([C@H](C)[NH+](C)C)n1-c1ccc(F)cc1)C(N)=O. The van der Waals surface area contributed by atoms with Gasteiger partial charge in [-0.3, -0.25) is 9.36 Å². The number of hydrogen-bond donors (Lipinski definition) is 2. The minimum atomic E-state index is -0.437. The molecule has 2 rings (SSSR count). The lowest BCUT2D eigenvalue weighted by molar-refractivity contribution is -0.890. The van der Waals surface area contributed by atoms with Crippen molar-refractivity contribution in [2.45, 2.75) is 30.3 Å². The number of halogens is 1. The Kier molecular flexibility index (Phi) is 5.38. The predicted octanol–water partition coefficient (Wildman–Crippen LogP) is 0.578. The van der Waals surface area contributed by atoms with Crippen LogP contribution in [0.15, 0.2) is 29.4 Å². The van der Waals surface area contributed by atoms with E-state index in [0.29, 0.717) is 5.16 Å². The molecule has 1 aromatic carbocycles. The fourth-order valence-corrected chi connectivity index (χ4v) is 2.77. The number of primary amides is 1. The predicted molar refractivity (Wildman–Crippen MR) is 87.1 cm³/mol. The summed E-state index contributed by atoms with van der Waals surface area (Å²) in [6, 6.07) is 6.18. The third-order valence-electron chi connectivity index (χ3n) is 3.68. The molecule has 0 unspecified atom stereocenters. The van der Waals surface area contributed by atoms with Crippen LogP contribution in [0, 0.1) is 5.82 Å². The number of carbonyl (C=O) groups is 1. The number of aromatic nitrogens is 3. The van der Waals surface area contributed by atoms with Crippen LogP contribution in [0.3, 0.4) is 0 Å². The van der Waals surface area contributed by atoms with Crippen molar-refractivity contribution in [1.29, 1.82) is 0 Å². The van der Waals surface area contributed by atoms with Gasteiger partial charge in [-0.25, -0.2) is 4.39 Å². The van der Waals surface area contributed by atoms with Crippen molar-refractivity contribution in [3.63, 3.8) is 0 Å². The number of thioether (sulfide) groups is 1. The second-order valence-electron chi connectivity index (χ2n) is 5.61. The molecule has 1 amide bonds. The van der Waals surface area contributed by atoms with Gasteiger partial charge in [0.05, 0.1) is 19.3 Å². The van der Waals surface area contributed by atoms with Gasteiger partial charge < -0.3 is 10.6 Å². The molecule has 0 fully saturated rings. The molecule has 8 heteroatoms. The summed E-state index contributed by atoms with van der Waals surface area (Å²) in [5.41, 5.74) is 6.09. The number of benzene rings is 1. The molecule has 2 atom stereocenters. The molecule has 2 aromatic rings. The lowest BCUT2D eigenvalue weighted by atomic mass is 10.2. The van der Waals surface area contributed by atoms with Crippen LogP contribution in [0.5, 0.6) is 0 Å². The van der Waals surface area contributed by atoms with Gasteiger partial charge in [-0.2, -0.15) is 0 Å². The van der Waals surface area contributed by atoms with E-state index < -0.39 is 11.2 Å². The molecular formula is C15H21FN5OS+. The Bertz CT molecular complexity index is 686. The number of carbonyl (C=O) groups excluding carboxylic acids is 1. The number of amides is 1. The normalized spacial score (nSPS) is 14.0. The van der Waals surface area contributed by atoms with Crippen molar-refractivity contribution in [2.24, 2.45) is 5.73 Å². The summed E-state index contributed by atoms with van der Waals surface area (Å²) in [5.74, 6) is 0.0154. The van der Waals surface area contributed by atoms with E-state index in [1.807, 2.05) is 25.6 Å². The first-order valence-electron chi connectivity index (χ1n) is 7.28. The van der Waals surface area contributed by atoms with E-state index in [-0.39, 0.29) is 11.9 Å². The number of hydrogen-bond acceptors (Lipinski definition) is 4. The molecule has 0 spiro atoms. The quantitative estimate of drug-likeness (QED) is 0.755. The van der Waals surface area contributed by atoms with Crippen LogP contribution in [-0.4, -0.2) is 40.0 Å². The first kappa shape index (κ1) is 17.4. The number of nitrogens with one attached hydrogen (secondary N) is 1. The van der Waals surface area contributed by atoms with Gasteiger partial charge in [0.2, 0.25) is 5.91 Å². The van der Waals surface area contributed by atoms with E-state index in [1.165, 1.54) is 28.8 Å². The summed E-state index contributed by atoms with van der Waals surface area (Å²) in [6.07, 6.45) is 0. The summed E-state index contributed by atoms with van der Waals surface area (Å²) < 4.78 is 15.1. The van der Waals surface area contributed by atoms with Crippen LogP contribution < -0.4 is 10.6 Å². The van der Waals surface area contributed by atoms with E-state index >= 15 is 0 Å². The molecular weight excluding hydrogens is 317 g/mol. The molecule has 3 N–H and O–H groups in total. The molecule has 0 saturated heterocycles. The zero-order valence-electron chi connectivity index (χ0n) is 13.6. The van der Waals surface area contributed by atoms with Crippen LogP contribution >= 0.6 is 11.8 Å². The number of quaternary nitrogens is 1. The molecule has 6 nitrogen and oxygen atoms in total. The van der Waals surface area contributed by atoms with Crippen LogP contribution in [0.4, 0.5) is 4.39 Å². The van der Waals surface area contributed by atoms with Crippen molar-refractivity contribution < 1.29 is 14.1 Å². The van der Waals surface area contributed by atoms with E-state index in [2.05, 4.69) is 10.2 Å². The maximum atomic E-state index is 13.2. The second-order valence-corrected chi connectivity index (χ2v) is 6.92. The Morgan fingerprint density at radius 2 is 1.87 bits per heavy atom. The molecule has 0 aliphatic heterocycles. The monoisotopic (exact) mass is 338 g/mol. The van der Waals surface area contributed by atoms with Gasteiger partial charge in [-0.1, -0.05) is 11.8 Å². The highest BCUT2D eigenvalue weighted by molar-refractivity contribution is 8.00. The summed E-state index contributed by atoms with van der Waals surface area (Å²) in [7, 11) is 4.04. The molecule has 124 valence electrons. The highest BCUT2D eigenvalue weighted by atomic mass is 32.2. The molecule has 0 aliphatic carbocycles. The van der Waals surface area contributed by atoms with Crippen molar-refractivity contribution in [3.05, 3.63) is 35.9 Å². The Morgan fingerprint density at radius 1 is 1.26 bits per heavy atom. The Labute approximate surface area is 138 Å². The first-order valence-corrected chi connectivity index (χ1v) is 8.16. The summed E-state index contributed by atoms with van der Waals surface area (Å²) in [5, 5.41) is 8.60. The van der Waals surface area contributed by atoms with Gasteiger partial charge >= 0.3 is 0 Å².